The summed E-state index contributed by atoms with van der Waals surface area (Å²) in [5, 5.41) is 14.8. The summed E-state index contributed by atoms with van der Waals surface area (Å²) in [4.78, 5) is 0. The Balaban J connectivity index is 2.06. The van der Waals surface area contributed by atoms with Gasteiger partial charge in [0.25, 0.3) is 0 Å². The van der Waals surface area contributed by atoms with Crippen LogP contribution in [0.25, 0.3) is 0 Å². The molecule has 3 heteroatoms. The average Bonchev–Trinajstić information content (AvgIpc) is 2.86. The Morgan fingerprint density at radius 3 is 2.79 bits per heavy atom. The van der Waals surface area contributed by atoms with Crippen LogP contribution in [0, 0.1) is 6.92 Å². The molecule has 2 unspecified atom stereocenters. The number of hydrogen-bond acceptors (Lipinski definition) is 2. The van der Waals surface area contributed by atoms with Gasteiger partial charge >= 0.3 is 0 Å². The topological polar surface area (TPSA) is 38.0 Å². The third-order valence-electron chi connectivity index (χ3n) is 3.54. The smallest absolute Gasteiger partial charge is 0.0846 e. The summed E-state index contributed by atoms with van der Waals surface area (Å²) in [7, 11) is 0. The lowest BCUT2D eigenvalue weighted by Crippen LogP contribution is -2.07. The van der Waals surface area contributed by atoms with Gasteiger partial charge in [-0.3, -0.25) is 4.68 Å². The van der Waals surface area contributed by atoms with Crippen molar-refractivity contribution in [3.63, 3.8) is 0 Å². The molecule has 0 saturated carbocycles. The van der Waals surface area contributed by atoms with E-state index in [1.807, 2.05) is 48.1 Å². The number of aliphatic hydroxyl groups is 1. The van der Waals surface area contributed by atoms with Gasteiger partial charge in [-0.05, 0) is 31.9 Å². The molecular formula is C16H22N2O. The highest BCUT2D eigenvalue weighted by Crippen LogP contribution is 2.19. The van der Waals surface area contributed by atoms with E-state index in [4.69, 9.17) is 0 Å². The number of hydrogen-bond donors (Lipinski definition) is 1. The van der Waals surface area contributed by atoms with Gasteiger partial charge in [-0.15, -0.1) is 0 Å². The second-order valence-electron chi connectivity index (χ2n) is 5.18. The Morgan fingerprint density at radius 1 is 1.32 bits per heavy atom. The Labute approximate surface area is 114 Å². The van der Waals surface area contributed by atoms with E-state index in [0.717, 1.165) is 17.7 Å². The molecule has 1 aromatic carbocycles. The Hall–Kier alpha value is -1.61. The number of nitrogens with zero attached hydrogens (tertiary/aromatic N) is 2. The number of aryl methyl sites for hydroxylation is 1. The van der Waals surface area contributed by atoms with Gasteiger partial charge in [-0.1, -0.05) is 36.8 Å². The molecule has 19 heavy (non-hydrogen) atoms. The number of benzene rings is 1. The van der Waals surface area contributed by atoms with Crippen molar-refractivity contribution in [1.82, 2.24) is 9.78 Å². The molecule has 2 rings (SSSR count). The molecule has 1 heterocycles. The fourth-order valence-electron chi connectivity index (χ4n) is 2.11. The monoisotopic (exact) mass is 258 g/mol. The van der Waals surface area contributed by atoms with Gasteiger partial charge < -0.3 is 5.11 Å². The molecule has 0 bridgehead atoms. The van der Waals surface area contributed by atoms with Crippen LogP contribution in [-0.2, 0) is 6.42 Å². The van der Waals surface area contributed by atoms with Gasteiger partial charge in [0.05, 0.1) is 11.8 Å². The van der Waals surface area contributed by atoms with E-state index in [0.29, 0.717) is 12.5 Å². The van der Waals surface area contributed by atoms with Crippen LogP contribution in [0.15, 0.2) is 36.5 Å². The lowest BCUT2D eigenvalue weighted by Gasteiger charge is -2.11. The highest BCUT2D eigenvalue weighted by Gasteiger charge is 2.11. The molecule has 0 radical (unpaired) electrons. The van der Waals surface area contributed by atoms with Crippen LogP contribution in [0.5, 0.6) is 0 Å². The van der Waals surface area contributed by atoms with Crippen molar-refractivity contribution in [2.45, 2.75) is 45.8 Å². The Bertz CT molecular complexity index is 533. The SMILES string of the molecule is CCC(C)n1ccc(CC(O)c2cccc(C)c2)n1. The summed E-state index contributed by atoms with van der Waals surface area (Å²) in [6, 6.07) is 10.4. The van der Waals surface area contributed by atoms with E-state index < -0.39 is 6.10 Å². The van der Waals surface area contributed by atoms with Crippen LogP contribution < -0.4 is 0 Å². The van der Waals surface area contributed by atoms with Crippen molar-refractivity contribution < 1.29 is 5.11 Å². The molecule has 1 aromatic heterocycles. The van der Waals surface area contributed by atoms with E-state index in [1.54, 1.807) is 0 Å². The van der Waals surface area contributed by atoms with Crippen molar-refractivity contribution in [1.29, 1.82) is 0 Å². The minimum atomic E-state index is -0.486. The molecule has 0 spiro atoms. The fraction of sp³-hybridized carbons (Fsp3) is 0.438. The van der Waals surface area contributed by atoms with Crippen LogP contribution in [-0.4, -0.2) is 14.9 Å². The maximum atomic E-state index is 10.3. The van der Waals surface area contributed by atoms with Crippen LogP contribution >= 0.6 is 0 Å². The first-order chi connectivity index (χ1) is 9.10. The maximum Gasteiger partial charge on any atom is 0.0846 e. The molecule has 0 fully saturated rings. The fourth-order valence-corrected chi connectivity index (χ4v) is 2.11. The third kappa shape index (κ3) is 3.44. The van der Waals surface area contributed by atoms with Crippen LogP contribution in [0.2, 0.25) is 0 Å². The quantitative estimate of drug-likeness (QED) is 0.892. The normalized spacial score (nSPS) is 14.3. The largest absolute Gasteiger partial charge is 0.388 e. The van der Waals surface area contributed by atoms with Gasteiger partial charge in [0.1, 0.15) is 0 Å². The summed E-state index contributed by atoms with van der Waals surface area (Å²) in [6.45, 7) is 6.33. The molecule has 102 valence electrons. The third-order valence-corrected chi connectivity index (χ3v) is 3.54. The average molecular weight is 258 g/mol. The molecule has 0 amide bonds. The van der Waals surface area contributed by atoms with Gasteiger partial charge in [0.15, 0.2) is 0 Å². The van der Waals surface area contributed by atoms with Crippen LogP contribution in [0.3, 0.4) is 0 Å². The number of aromatic nitrogens is 2. The number of aliphatic hydroxyl groups excluding tert-OH is 1. The van der Waals surface area contributed by atoms with Crippen molar-refractivity contribution in [2.75, 3.05) is 0 Å². The van der Waals surface area contributed by atoms with Gasteiger partial charge in [-0.25, -0.2) is 0 Å². The predicted octanol–water partition coefficient (Wildman–Crippen LogP) is 3.44. The van der Waals surface area contributed by atoms with Crippen LogP contribution in [0.1, 0.15) is 49.2 Å². The first-order valence-electron chi connectivity index (χ1n) is 6.88. The lowest BCUT2D eigenvalue weighted by atomic mass is 10.0. The molecule has 0 saturated heterocycles. The second-order valence-corrected chi connectivity index (χ2v) is 5.18. The molecule has 3 nitrogen and oxygen atoms in total. The summed E-state index contributed by atoms with van der Waals surface area (Å²) < 4.78 is 1.97. The van der Waals surface area contributed by atoms with Crippen molar-refractivity contribution >= 4 is 0 Å². The van der Waals surface area contributed by atoms with E-state index in [9.17, 15) is 5.11 Å². The molecule has 0 aliphatic carbocycles. The summed E-state index contributed by atoms with van der Waals surface area (Å²) in [5.74, 6) is 0. The van der Waals surface area contributed by atoms with Crippen LogP contribution in [0.4, 0.5) is 0 Å². The lowest BCUT2D eigenvalue weighted by molar-refractivity contribution is 0.176. The van der Waals surface area contributed by atoms with E-state index in [2.05, 4.69) is 18.9 Å². The van der Waals surface area contributed by atoms with E-state index in [-0.39, 0.29) is 0 Å². The zero-order chi connectivity index (χ0) is 13.8. The standard InChI is InChI=1S/C16H22N2O/c1-4-13(3)18-9-8-15(17-18)11-16(19)14-7-5-6-12(2)10-14/h5-10,13,16,19H,4,11H2,1-3H3. The molecule has 2 aromatic rings. The maximum absolute atomic E-state index is 10.3. The molecule has 0 aliphatic heterocycles. The molecule has 1 N–H and O–H groups in total. The van der Waals surface area contributed by atoms with E-state index >= 15 is 0 Å². The minimum Gasteiger partial charge on any atom is -0.388 e. The first-order valence-corrected chi connectivity index (χ1v) is 6.88. The van der Waals surface area contributed by atoms with E-state index in [1.165, 1.54) is 5.56 Å². The summed E-state index contributed by atoms with van der Waals surface area (Å²) in [6.07, 6.45) is 3.13. The molecular weight excluding hydrogens is 236 g/mol. The second kappa shape index (κ2) is 6.02. The highest BCUT2D eigenvalue weighted by molar-refractivity contribution is 5.25. The summed E-state index contributed by atoms with van der Waals surface area (Å²) >= 11 is 0. The summed E-state index contributed by atoms with van der Waals surface area (Å²) in [5.41, 5.74) is 3.06. The minimum absolute atomic E-state index is 0.407. The van der Waals surface area contributed by atoms with Crippen molar-refractivity contribution in [3.05, 3.63) is 53.3 Å². The zero-order valence-corrected chi connectivity index (χ0v) is 11.9. The number of rotatable bonds is 5. The molecule has 0 aliphatic rings. The van der Waals surface area contributed by atoms with Crippen molar-refractivity contribution in [3.8, 4) is 0 Å². The van der Waals surface area contributed by atoms with Gasteiger partial charge in [0.2, 0.25) is 0 Å². The predicted molar refractivity (Wildman–Crippen MR) is 77.1 cm³/mol. The van der Waals surface area contributed by atoms with Crippen molar-refractivity contribution in [2.24, 2.45) is 0 Å². The Morgan fingerprint density at radius 2 is 2.11 bits per heavy atom. The first kappa shape index (κ1) is 13.8. The van der Waals surface area contributed by atoms with Gasteiger partial charge in [-0.2, -0.15) is 5.10 Å². The highest BCUT2D eigenvalue weighted by atomic mass is 16.3. The Kier molecular flexibility index (Phi) is 4.38. The molecule has 2 atom stereocenters. The van der Waals surface area contributed by atoms with Gasteiger partial charge in [0, 0.05) is 18.7 Å². The zero-order valence-electron chi connectivity index (χ0n) is 11.9.